The van der Waals surface area contributed by atoms with Crippen LogP contribution in [0.15, 0.2) is 29.5 Å². The van der Waals surface area contributed by atoms with Crippen molar-refractivity contribution in [1.82, 2.24) is 9.97 Å². The Morgan fingerprint density at radius 3 is 3.00 bits per heavy atom. The van der Waals surface area contributed by atoms with Crippen LogP contribution < -0.4 is 5.43 Å². The van der Waals surface area contributed by atoms with Gasteiger partial charge in [0, 0.05) is 24.3 Å². The van der Waals surface area contributed by atoms with Crippen molar-refractivity contribution in [1.29, 1.82) is 5.26 Å². The van der Waals surface area contributed by atoms with E-state index in [9.17, 15) is 4.79 Å². The minimum Gasteiger partial charge on any atom is -0.363 e. The van der Waals surface area contributed by atoms with E-state index in [1.807, 2.05) is 18.3 Å². The molecular weight excluding hydrogens is 238 g/mol. The topological polar surface area (TPSA) is 69.5 Å². The van der Waals surface area contributed by atoms with Gasteiger partial charge in [-0.05, 0) is 42.9 Å². The van der Waals surface area contributed by atoms with E-state index in [1.165, 1.54) is 6.20 Å². The quantitative estimate of drug-likeness (QED) is 0.780. The molecule has 1 aliphatic rings. The molecule has 3 rings (SSSR count). The molecule has 0 bridgehead atoms. The number of hydrogen-bond acceptors (Lipinski definition) is 3. The number of aromatic nitrogens is 2. The lowest BCUT2D eigenvalue weighted by Crippen LogP contribution is -2.16. The smallest absolute Gasteiger partial charge is 0.207 e. The number of nitrogens with zero attached hydrogens (tertiary/aromatic N) is 2. The van der Waals surface area contributed by atoms with Gasteiger partial charge in [0.05, 0.1) is 5.56 Å². The van der Waals surface area contributed by atoms with Crippen molar-refractivity contribution < 1.29 is 0 Å². The number of fused-ring (bicyclic) bond motifs is 3. The van der Waals surface area contributed by atoms with Crippen LogP contribution in [-0.2, 0) is 12.8 Å². The SMILES string of the molecule is N#Cc1c[nH]c2c(c1=O)-c1ccncc1CCCC2. The van der Waals surface area contributed by atoms with Crippen molar-refractivity contribution in [2.75, 3.05) is 0 Å². The molecule has 0 atom stereocenters. The van der Waals surface area contributed by atoms with Gasteiger partial charge in [-0.25, -0.2) is 0 Å². The standard InChI is InChI=1S/C15H13N3O/c16-7-11-9-18-13-4-2-1-3-10-8-17-6-5-12(10)14(13)15(11)19/h5-6,8-9H,1-4H2,(H,18,19). The van der Waals surface area contributed by atoms with E-state index in [-0.39, 0.29) is 11.0 Å². The lowest BCUT2D eigenvalue weighted by atomic mass is 9.91. The molecule has 2 aromatic heterocycles. The van der Waals surface area contributed by atoms with E-state index in [0.29, 0.717) is 5.56 Å². The fourth-order valence-corrected chi connectivity index (χ4v) is 2.62. The van der Waals surface area contributed by atoms with Gasteiger partial charge in [-0.15, -0.1) is 0 Å². The predicted octanol–water partition coefficient (Wildman–Crippen LogP) is 2.19. The van der Waals surface area contributed by atoms with E-state index >= 15 is 0 Å². The molecule has 0 aromatic carbocycles. The largest absolute Gasteiger partial charge is 0.363 e. The fourth-order valence-electron chi connectivity index (χ4n) is 2.62. The molecule has 2 aromatic rings. The molecule has 19 heavy (non-hydrogen) atoms. The van der Waals surface area contributed by atoms with Gasteiger partial charge in [0.2, 0.25) is 5.43 Å². The van der Waals surface area contributed by atoms with Crippen LogP contribution in [0.5, 0.6) is 0 Å². The first-order valence-corrected chi connectivity index (χ1v) is 6.39. The van der Waals surface area contributed by atoms with Gasteiger partial charge < -0.3 is 4.98 Å². The van der Waals surface area contributed by atoms with Gasteiger partial charge in [-0.2, -0.15) is 5.26 Å². The summed E-state index contributed by atoms with van der Waals surface area (Å²) in [7, 11) is 0. The Bertz CT molecular complexity index is 725. The summed E-state index contributed by atoms with van der Waals surface area (Å²) in [5.74, 6) is 0. The molecular formula is C15H13N3O. The molecule has 0 spiro atoms. The van der Waals surface area contributed by atoms with Gasteiger partial charge in [0.25, 0.3) is 0 Å². The number of nitrogens with one attached hydrogen (secondary N) is 1. The van der Waals surface area contributed by atoms with Crippen molar-refractivity contribution in [2.24, 2.45) is 0 Å². The molecule has 0 fully saturated rings. The van der Waals surface area contributed by atoms with E-state index in [2.05, 4.69) is 9.97 Å². The third-order valence-corrected chi connectivity index (χ3v) is 3.58. The molecule has 0 saturated carbocycles. The Labute approximate surface area is 110 Å². The lowest BCUT2D eigenvalue weighted by molar-refractivity contribution is 0.714. The average Bonchev–Trinajstić information content (AvgIpc) is 2.42. The number of aryl methyl sites for hydroxylation is 2. The van der Waals surface area contributed by atoms with Gasteiger partial charge in [0.1, 0.15) is 11.6 Å². The summed E-state index contributed by atoms with van der Waals surface area (Å²) in [6.45, 7) is 0. The van der Waals surface area contributed by atoms with Crippen LogP contribution in [0, 0.1) is 11.3 Å². The minimum atomic E-state index is -0.175. The summed E-state index contributed by atoms with van der Waals surface area (Å²) in [5.41, 5.74) is 3.58. The van der Waals surface area contributed by atoms with Crippen LogP contribution in [0.3, 0.4) is 0 Å². The highest BCUT2D eigenvalue weighted by Crippen LogP contribution is 2.27. The number of pyridine rings is 2. The summed E-state index contributed by atoms with van der Waals surface area (Å²) >= 11 is 0. The van der Waals surface area contributed by atoms with Crippen LogP contribution >= 0.6 is 0 Å². The first-order valence-electron chi connectivity index (χ1n) is 6.39. The summed E-state index contributed by atoms with van der Waals surface area (Å²) in [6, 6.07) is 3.82. The first-order chi connectivity index (χ1) is 9.31. The maximum atomic E-state index is 12.4. The maximum Gasteiger partial charge on any atom is 0.207 e. The van der Waals surface area contributed by atoms with Crippen molar-refractivity contribution in [3.63, 3.8) is 0 Å². The van der Waals surface area contributed by atoms with Crippen molar-refractivity contribution >= 4 is 0 Å². The van der Waals surface area contributed by atoms with Gasteiger partial charge in [0.15, 0.2) is 0 Å². The molecule has 1 aliphatic carbocycles. The normalized spacial score (nSPS) is 13.6. The Morgan fingerprint density at radius 1 is 1.32 bits per heavy atom. The second-order valence-electron chi connectivity index (χ2n) is 4.74. The number of rotatable bonds is 0. The second-order valence-corrected chi connectivity index (χ2v) is 4.74. The number of hydrogen-bond donors (Lipinski definition) is 1. The molecule has 0 saturated heterocycles. The van der Waals surface area contributed by atoms with Crippen molar-refractivity contribution in [3.05, 3.63) is 51.7 Å². The molecule has 4 nitrogen and oxygen atoms in total. The van der Waals surface area contributed by atoms with Crippen LogP contribution in [0.25, 0.3) is 11.1 Å². The molecule has 0 aliphatic heterocycles. The minimum absolute atomic E-state index is 0.169. The Kier molecular flexibility index (Phi) is 2.88. The highest BCUT2D eigenvalue weighted by molar-refractivity contribution is 5.70. The third kappa shape index (κ3) is 1.93. The molecule has 94 valence electrons. The first kappa shape index (κ1) is 11.7. The molecule has 0 unspecified atom stereocenters. The molecule has 2 heterocycles. The Hall–Kier alpha value is -2.41. The number of aromatic amines is 1. The lowest BCUT2D eigenvalue weighted by Gasteiger charge is -2.16. The fraction of sp³-hybridized carbons (Fsp3) is 0.267. The molecule has 4 heteroatoms. The number of H-pyrrole nitrogens is 1. The highest BCUT2D eigenvalue weighted by atomic mass is 16.1. The second kappa shape index (κ2) is 4.69. The van der Waals surface area contributed by atoms with E-state index in [4.69, 9.17) is 5.26 Å². The highest BCUT2D eigenvalue weighted by Gasteiger charge is 2.18. The molecule has 0 radical (unpaired) electrons. The summed E-state index contributed by atoms with van der Waals surface area (Å²) in [4.78, 5) is 19.7. The van der Waals surface area contributed by atoms with Crippen molar-refractivity contribution in [2.45, 2.75) is 25.7 Å². The Morgan fingerprint density at radius 2 is 2.16 bits per heavy atom. The van der Waals surface area contributed by atoms with Crippen LogP contribution in [0.1, 0.15) is 29.7 Å². The summed E-state index contributed by atoms with van der Waals surface area (Å²) in [5, 5.41) is 9.01. The van der Waals surface area contributed by atoms with E-state index in [1.54, 1.807) is 6.20 Å². The van der Waals surface area contributed by atoms with Gasteiger partial charge >= 0.3 is 0 Å². The zero-order valence-electron chi connectivity index (χ0n) is 10.4. The van der Waals surface area contributed by atoms with Crippen LogP contribution in [-0.4, -0.2) is 9.97 Å². The summed E-state index contributed by atoms with van der Waals surface area (Å²) < 4.78 is 0. The molecule has 0 amide bonds. The summed E-state index contributed by atoms with van der Waals surface area (Å²) in [6.07, 6.45) is 8.93. The Balaban J connectivity index is 2.35. The van der Waals surface area contributed by atoms with Crippen LogP contribution in [0.2, 0.25) is 0 Å². The van der Waals surface area contributed by atoms with Crippen LogP contribution in [0.4, 0.5) is 0 Å². The van der Waals surface area contributed by atoms with Crippen molar-refractivity contribution in [3.8, 4) is 17.2 Å². The molecule has 1 N–H and O–H groups in total. The number of nitriles is 1. The zero-order valence-corrected chi connectivity index (χ0v) is 10.4. The average molecular weight is 251 g/mol. The third-order valence-electron chi connectivity index (χ3n) is 3.58. The predicted molar refractivity (Wildman–Crippen MR) is 71.7 cm³/mol. The zero-order chi connectivity index (χ0) is 13.2. The monoisotopic (exact) mass is 251 g/mol. The van der Waals surface area contributed by atoms with E-state index in [0.717, 1.165) is 42.5 Å². The van der Waals surface area contributed by atoms with Gasteiger partial charge in [-0.3, -0.25) is 9.78 Å². The van der Waals surface area contributed by atoms with E-state index < -0.39 is 0 Å². The maximum absolute atomic E-state index is 12.4. The van der Waals surface area contributed by atoms with Gasteiger partial charge in [-0.1, -0.05) is 0 Å².